The zero-order chi connectivity index (χ0) is 22.9. The van der Waals surface area contributed by atoms with Gasteiger partial charge in [-0.1, -0.05) is 0 Å². The molecular formula is C29H29O2P. The molecule has 0 aliphatic carbocycles. The van der Waals surface area contributed by atoms with Crippen LogP contribution in [0.2, 0.25) is 0 Å². The van der Waals surface area contributed by atoms with Gasteiger partial charge in [-0.05, 0) is 0 Å². The van der Waals surface area contributed by atoms with Crippen LogP contribution in [0, 0.1) is 0 Å². The summed E-state index contributed by atoms with van der Waals surface area (Å²) in [7, 11) is 0. The predicted octanol–water partition coefficient (Wildman–Crippen LogP) is 5.95. The first-order chi connectivity index (χ1) is 15.5. The fourth-order valence-electron chi connectivity index (χ4n) is 4.37. The third kappa shape index (κ3) is 4.42. The minimum atomic E-state index is -2.94. The van der Waals surface area contributed by atoms with Crippen LogP contribution in [0.4, 0.5) is 0 Å². The fourth-order valence-corrected chi connectivity index (χ4v) is 10.1. The van der Waals surface area contributed by atoms with Crippen molar-refractivity contribution in [2.45, 2.75) is 13.1 Å². The van der Waals surface area contributed by atoms with Gasteiger partial charge in [0.1, 0.15) is 0 Å². The first kappa shape index (κ1) is 23.2. The van der Waals surface area contributed by atoms with Crippen LogP contribution in [0.1, 0.15) is 12.5 Å². The van der Waals surface area contributed by atoms with Crippen molar-refractivity contribution in [3.63, 3.8) is 0 Å². The van der Waals surface area contributed by atoms with E-state index in [4.69, 9.17) is 9.90 Å². The summed E-state index contributed by atoms with van der Waals surface area (Å²) in [5.74, 6) is 1.44. The quantitative estimate of drug-likeness (QED) is 0.376. The van der Waals surface area contributed by atoms with Crippen molar-refractivity contribution >= 4 is 28.5 Å². The van der Waals surface area contributed by atoms with E-state index in [2.05, 4.69) is 134 Å². The maximum atomic E-state index is 9.00. The van der Waals surface area contributed by atoms with Gasteiger partial charge < -0.3 is 5.11 Å². The zero-order valence-corrected chi connectivity index (χ0v) is 19.2. The molecule has 0 unspecified atom stereocenters. The molecule has 32 heavy (non-hydrogen) atoms. The van der Waals surface area contributed by atoms with Crippen molar-refractivity contribution < 1.29 is 9.90 Å². The topological polar surface area (TPSA) is 37.3 Å². The van der Waals surface area contributed by atoms with Crippen LogP contribution in [0.3, 0.4) is 0 Å². The van der Waals surface area contributed by atoms with Gasteiger partial charge in [-0.2, -0.15) is 0 Å². The second kappa shape index (κ2) is 10.2. The molecule has 0 atom stereocenters. The molecule has 0 aliphatic heterocycles. The summed E-state index contributed by atoms with van der Waals surface area (Å²) in [6, 6.07) is 43.7. The van der Waals surface area contributed by atoms with Crippen LogP contribution in [0.5, 0.6) is 0 Å². The molecule has 4 aromatic carbocycles. The van der Waals surface area contributed by atoms with E-state index in [0.29, 0.717) is 0 Å². The number of carboxylic acids is 1. The Balaban J connectivity index is 0.000000668. The zero-order valence-electron chi connectivity index (χ0n) is 18.3. The summed E-state index contributed by atoms with van der Waals surface area (Å²) in [5.41, 5.74) is 1.33. The Morgan fingerprint density at radius 2 is 0.969 bits per heavy atom. The maximum absolute atomic E-state index is 9.00. The molecule has 0 spiro atoms. The van der Waals surface area contributed by atoms with Gasteiger partial charge in [-0.25, -0.2) is 0 Å². The van der Waals surface area contributed by atoms with Crippen LogP contribution in [0.25, 0.3) is 0 Å². The van der Waals surface area contributed by atoms with Crippen molar-refractivity contribution in [1.29, 1.82) is 0 Å². The number of rotatable bonds is 6. The van der Waals surface area contributed by atoms with Gasteiger partial charge in [0.05, 0.1) is 0 Å². The molecule has 0 saturated carbocycles. The van der Waals surface area contributed by atoms with Crippen molar-refractivity contribution in [3.05, 3.63) is 139 Å². The van der Waals surface area contributed by atoms with Gasteiger partial charge in [0, 0.05) is 6.92 Å². The van der Waals surface area contributed by atoms with Gasteiger partial charge in [-0.3, -0.25) is 4.79 Å². The van der Waals surface area contributed by atoms with E-state index in [1.165, 1.54) is 21.5 Å². The Bertz CT molecular complexity index is 1040. The van der Waals surface area contributed by atoms with Gasteiger partial charge in [-0.15, -0.1) is 0 Å². The summed E-state index contributed by atoms with van der Waals surface area (Å²) < 4.78 is 0. The fraction of sp³-hybridized carbons (Fsp3) is 0.0690. The van der Waals surface area contributed by atoms with E-state index in [9.17, 15) is 0 Å². The number of hydrogen-bond acceptors (Lipinski definition) is 1. The summed E-state index contributed by atoms with van der Waals surface area (Å²) in [6.07, 6.45) is 0.925. The molecule has 2 nitrogen and oxygen atoms in total. The molecule has 3 heteroatoms. The average molecular weight is 441 g/mol. The molecule has 0 aromatic heterocycles. The third-order valence-corrected chi connectivity index (χ3v) is 12.1. The molecule has 0 fully saturated rings. The van der Waals surface area contributed by atoms with E-state index in [1.54, 1.807) is 0 Å². The van der Waals surface area contributed by atoms with Crippen molar-refractivity contribution in [1.82, 2.24) is 0 Å². The molecule has 0 radical (unpaired) electrons. The molecule has 1 N–H and O–H groups in total. The number of aliphatic carboxylic acids is 1. The Hall–Kier alpha value is -3.48. The Morgan fingerprint density at radius 3 is 1.25 bits per heavy atom. The van der Waals surface area contributed by atoms with E-state index < -0.39 is 12.6 Å². The van der Waals surface area contributed by atoms with E-state index >= 15 is 0 Å². The average Bonchev–Trinajstić information content (AvgIpc) is 2.85. The van der Waals surface area contributed by atoms with Crippen LogP contribution in [0.15, 0.2) is 134 Å². The molecule has 0 amide bonds. The third-order valence-electron chi connectivity index (χ3n) is 5.79. The SMILES string of the molecule is C=CP(Cc1ccccc1)(c1ccccc1)(c1ccccc1)c1ccccc1.CC(=O)O. The maximum Gasteiger partial charge on any atom is 0.300 e. The van der Waals surface area contributed by atoms with Crippen LogP contribution in [-0.4, -0.2) is 11.1 Å². The van der Waals surface area contributed by atoms with Crippen molar-refractivity contribution in [2.24, 2.45) is 0 Å². The molecule has 0 aliphatic rings. The van der Waals surface area contributed by atoms with Crippen LogP contribution in [-0.2, 0) is 11.0 Å². The van der Waals surface area contributed by atoms with Gasteiger partial charge in [0.15, 0.2) is 0 Å². The Morgan fingerprint density at radius 1 is 0.688 bits per heavy atom. The Kier molecular flexibility index (Phi) is 7.41. The van der Waals surface area contributed by atoms with Crippen LogP contribution >= 0.6 is 6.60 Å². The van der Waals surface area contributed by atoms with Crippen molar-refractivity contribution in [3.8, 4) is 0 Å². The summed E-state index contributed by atoms with van der Waals surface area (Å²) in [4.78, 5) is 9.00. The molecule has 4 rings (SSSR count). The normalized spacial score (nSPS) is 11.8. The number of carbonyl (C=O) groups is 1. The van der Waals surface area contributed by atoms with Crippen LogP contribution < -0.4 is 15.9 Å². The standard InChI is InChI=1S/C27H25P.C2H4O2/c1-2-28(25-17-9-4-10-18-25,26-19-11-5-12-20-26,27-21-13-6-14-22-27)23-24-15-7-3-8-16-24;1-2(3)4/h2-22H,1,23H2;1H3,(H,3,4). The molecule has 0 bridgehead atoms. The number of benzene rings is 4. The summed E-state index contributed by atoms with van der Waals surface area (Å²) in [5, 5.41) is 11.5. The first-order valence-electron chi connectivity index (χ1n) is 10.6. The largest absolute Gasteiger partial charge is 0.481 e. The first-order valence-corrected chi connectivity index (χ1v) is 13.1. The second-order valence-corrected chi connectivity index (χ2v) is 12.7. The minimum absolute atomic E-state index is 0.833. The van der Waals surface area contributed by atoms with Crippen molar-refractivity contribution in [2.75, 3.05) is 0 Å². The molecular weight excluding hydrogens is 411 g/mol. The second-order valence-electron chi connectivity index (χ2n) is 7.73. The van der Waals surface area contributed by atoms with E-state index in [0.717, 1.165) is 13.1 Å². The Labute approximate surface area is 190 Å². The smallest absolute Gasteiger partial charge is 0.300 e. The molecule has 162 valence electrons. The monoisotopic (exact) mass is 440 g/mol. The number of hydrogen-bond donors (Lipinski definition) is 1. The minimum Gasteiger partial charge on any atom is -0.481 e. The number of carboxylic acid groups (broad SMARTS) is 1. The van der Waals surface area contributed by atoms with Gasteiger partial charge in [0.2, 0.25) is 0 Å². The molecule has 4 aromatic rings. The molecule has 0 heterocycles. The predicted molar refractivity (Wildman–Crippen MR) is 139 cm³/mol. The van der Waals surface area contributed by atoms with E-state index in [1.807, 2.05) is 0 Å². The molecule has 0 saturated heterocycles. The summed E-state index contributed by atoms with van der Waals surface area (Å²) >= 11 is 0. The van der Waals surface area contributed by atoms with E-state index in [-0.39, 0.29) is 0 Å². The van der Waals surface area contributed by atoms with Gasteiger partial charge >= 0.3 is 168 Å². The summed E-state index contributed by atoms with van der Waals surface area (Å²) in [6.45, 7) is 2.63. The van der Waals surface area contributed by atoms with Gasteiger partial charge in [0.25, 0.3) is 5.97 Å².